The highest BCUT2D eigenvalue weighted by Crippen LogP contribution is 2.36. The summed E-state index contributed by atoms with van der Waals surface area (Å²) < 4.78 is 1.67. The molecule has 6 heteroatoms. The fourth-order valence-electron chi connectivity index (χ4n) is 3.90. The van der Waals surface area contributed by atoms with E-state index in [2.05, 4.69) is 15.4 Å². The second-order valence-electron chi connectivity index (χ2n) is 6.39. The van der Waals surface area contributed by atoms with Crippen LogP contribution in [0.5, 0.6) is 0 Å². The first kappa shape index (κ1) is 14.2. The number of nitrogens with one attached hydrogen (secondary N) is 1. The molecule has 6 nitrogen and oxygen atoms in total. The van der Waals surface area contributed by atoms with Gasteiger partial charge in [-0.25, -0.2) is 14.5 Å². The largest absolute Gasteiger partial charge is 0.322 e. The molecular weight excluding hydrogens is 290 g/mol. The number of pyridine rings is 1. The predicted octanol–water partition coefficient (Wildman–Crippen LogP) is 3.06. The minimum absolute atomic E-state index is 0.00201. The molecule has 23 heavy (non-hydrogen) atoms. The highest BCUT2D eigenvalue weighted by molar-refractivity contribution is 5.89. The van der Waals surface area contributed by atoms with Crippen molar-refractivity contribution in [3.63, 3.8) is 0 Å². The monoisotopic (exact) mass is 311 g/mol. The molecule has 1 aliphatic heterocycles. The van der Waals surface area contributed by atoms with Crippen molar-refractivity contribution in [3.8, 4) is 5.82 Å². The number of fused-ring (bicyclic) bond motifs is 1. The van der Waals surface area contributed by atoms with E-state index in [1.165, 1.54) is 19.3 Å². The van der Waals surface area contributed by atoms with Crippen molar-refractivity contribution >= 4 is 11.7 Å². The van der Waals surface area contributed by atoms with Gasteiger partial charge in [0.05, 0.1) is 18.1 Å². The van der Waals surface area contributed by atoms with Crippen LogP contribution in [0.1, 0.15) is 32.1 Å². The van der Waals surface area contributed by atoms with Gasteiger partial charge in [0.15, 0.2) is 5.82 Å². The fourth-order valence-corrected chi connectivity index (χ4v) is 3.90. The average molecular weight is 311 g/mol. The minimum atomic E-state index is 0.00201. The van der Waals surface area contributed by atoms with Gasteiger partial charge in [0.25, 0.3) is 0 Å². The number of hydrogen-bond acceptors (Lipinski definition) is 3. The second kappa shape index (κ2) is 6.02. The Balaban J connectivity index is 1.46. The van der Waals surface area contributed by atoms with Crippen molar-refractivity contribution in [3.05, 3.63) is 36.8 Å². The molecule has 2 aliphatic rings. The van der Waals surface area contributed by atoms with E-state index in [0.717, 1.165) is 25.2 Å². The van der Waals surface area contributed by atoms with Gasteiger partial charge in [-0.1, -0.05) is 12.5 Å². The van der Waals surface area contributed by atoms with E-state index in [0.29, 0.717) is 17.6 Å². The van der Waals surface area contributed by atoms with Crippen LogP contribution in [-0.2, 0) is 0 Å². The quantitative estimate of drug-likeness (QED) is 0.927. The molecule has 2 amide bonds. The third kappa shape index (κ3) is 2.81. The van der Waals surface area contributed by atoms with Crippen molar-refractivity contribution in [1.29, 1.82) is 0 Å². The number of anilines is 1. The maximum absolute atomic E-state index is 12.6. The van der Waals surface area contributed by atoms with E-state index >= 15 is 0 Å². The normalized spacial score (nSPS) is 23.6. The maximum atomic E-state index is 12.6. The smallest absolute Gasteiger partial charge is 0.321 e. The first-order valence-electron chi connectivity index (χ1n) is 8.35. The number of likely N-dealkylation sites (tertiary alicyclic amines) is 1. The van der Waals surface area contributed by atoms with Gasteiger partial charge in [0.2, 0.25) is 0 Å². The molecule has 4 rings (SSSR count). The van der Waals surface area contributed by atoms with Crippen molar-refractivity contribution < 1.29 is 4.79 Å². The molecule has 1 aliphatic carbocycles. The van der Waals surface area contributed by atoms with Gasteiger partial charge in [-0.05, 0) is 43.7 Å². The Morgan fingerprint density at radius 1 is 1.22 bits per heavy atom. The predicted molar refractivity (Wildman–Crippen MR) is 87.4 cm³/mol. The van der Waals surface area contributed by atoms with Crippen LogP contribution < -0.4 is 5.32 Å². The average Bonchev–Trinajstić information content (AvgIpc) is 3.24. The molecular formula is C17H21N5O. The van der Waals surface area contributed by atoms with Crippen LogP contribution in [0, 0.1) is 5.92 Å². The molecule has 0 bridgehead atoms. The summed E-state index contributed by atoms with van der Waals surface area (Å²) >= 11 is 0. The molecule has 0 radical (unpaired) electrons. The Bertz CT molecular complexity index is 683. The molecule has 2 unspecified atom stereocenters. The van der Waals surface area contributed by atoms with E-state index in [4.69, 9.17) is 0 Å². The lowest BCUT2D eigenvalue weighted by atomic mass is 9.92. The summed E-state index contributed by atoms with van der Waals surface area (Å²) in [6.07, 6.45) is 11.2. The lowest BCUT2D eigenvalue weighted by Gasteiger charge is -2.37. The third-order valence-electron chi connectivity index (χ3n) is 4.97. The van der Waals surface area contributed by atoms with E-state index in [1.54, 1.807) is 23.3 Å². The van der Waals surface area contributed by atoms with E-state index < -0.39 is 0 Å². The summed E-state index contributed by atoms with van der Waals surface area (Å²) in [5, 5.41) is 7.26. The Labute approximate surface area is 135 Å². The van der Waals surface area contributed by atoms with Crippen LogP contribution >= 0.6 is 0 Å². The van der Waals surface area contributed by atoms with Crippen LogP contribution in [0.2, 0.25) is 0 Å². The summed E-state index contributed by atoms with van der Waals surface area (Å²) in [5.74, 6) is 1.44. The Morgan fingerprint density at radius 3 is 3.00 bits per heavy atom. The first-order chi connectivity index (χ1) is 11.3. The SMILES string of the molecule is O=C(Nc1cnn(-c2ccccn2)c1)N1CCCC2CCCC21. The van der Waals surface area contributed by atoms with E-state index in [-0.39, 0.29) is 6.03 Å². The van der Waals surface area contributed by atoms with Gasteiger partial charge in [-0.15, -0.1) is 0 Å². The number of hydrogen-bond donors (Lipinski definition) is 1. The zero-order valence-corrected chi connectivity index (χ0v) is 13.1. The van der Waals surface area contributed by atoms with Crippen LogP contribution in [0.3, 0.4) is 0 Å². The number of urea groups is 1. The van der Waals surface area contributed by atoms with Gasteiger partial charge >= 0.3 is 6.03 Å². The lowest BCUT2D eigenvalue weighted by Crippen LogP contribution is -2.48. The Hall–Kier alpha value is -2.37. The van der Waals surface area contributed by atoms with Crippen molar-refractivity contribution in [2.24, 2.45) is 5.92 Å². The first-order valence-corrected chi connectivity index (χ1v) is 8.35. The highest BCUT2D eigenvalue weighted by atomic mass is 16.2. The summed E-state index contributed by atoms with van der Waals surface area (Å²) in [4.78, 5) is 18.9. The van der Waals surface area contributed by atoms with Gasteiger partial charge in [-0.2, -0.15) is 5.10 Å². The van der Waals surface area contributed by atoms with Gasteiger partial charge in [-0.3, -0.25) is 0 Å². The van der Waals surface area contributed by atoms with Crippen LogP contribution in [-0.4, -0.2) is 38.3 Å². The van der Waals surface area contributed by atoms with Crippen molar-refractivity contribution in [2.45, 2.75) is 38.1 Å². The molecule has 0 aromatic carbocycles. The number of amides is 2. The minimum Gasteiger partial charge on any atom is -0.321 e. The summed E-state index contributed by atoms with van der Waals surface area (Å²) in [7, 11) is 0. The van der Waals surface area contributed by atoms with Crippen LogP contribution in [0.15, 0.2) is 36.8 Å². The number of carbonyl (C=O) groups excluding carboxylic acids is 1. The molecule has 2 atom stereocenters. The molecule has 2 fully saturated rings. The molecule has 1 saturated carbocycles. The fraction of sp³-hybridized carbons (Fsp3) is 0.471. The molecule has 2 aromatic rings. The molecule has 0 spiro atoms. The number of piperidine rings is 1. The highest BCUT2D eigenvalue weighted by Gasteiger charge is 2.37. The Kier molecular flexibility index (Phi) is 3.73. The molecule has 1 saturated heterocycles. The number of carbonyl (C=O) groups is 1. The zero-order chi connectivity index (χ0) is 15.6. The number of aromatic nitrogens is 3. The van der Waals surface area contributed by atoms with Crippen molar-refractivity contribution in [1.82, 2.24) is 19.7 Å². The Morgan fingerprint density at radius 2 is 2.13 bits per heavy atom. The molecule has 120 valence electrons. The second-order valence-corrected chi connectivity index (χ2v) is 6.39. The summed E-state index contributed by atoms with van der Waals surface area (Å²) in [5.41, 5.74) is 0.709. The van der Waals surface area contributed by atoms with Crippen LogP contribution in [0.25, 0.3) is 5.82 Å². The van der Waals surface area contributed by atoms with E-state index in [9.17, 15) is 4.79 Å². The third-order valence-corrected chi connectivity index (χ3v) is 4.97. The topological polar surface area (TPSA) is 63.1 Å². The summed E-state index contributed by atoms with van der Waals surface area (Å²) in [6.45, 7) is 0.862. The van der Waals surface area contributed by atoms with Gasteiger partial charge in [0.1, 0.15) is 0 Å². The lowest BCUT2D eigenvalue weighted by molar-refractivity contribution is 0.138. The van der Waals surface area contributed by atoms with E-state index in [1.807, 2.05) is 23.1 Å². The number of nitrogens with zero attached hydrogens (tertiary/aromatic N) is 4. The molecule has 1 N–H and O–H groups in total. The zero-order valence-electron chi connectivity index (χ0n) is 13.1. The van der Waals surface area contributed by atoms with Crippen LogP contribution in [0.4, 0.5) is 10.5 Å². The summed E-state index contributed by atoms with van der Waals surface area (Å²) in [6, 6.07) is 6.09. The number of rotatable bonds is 2. The van der Waals surface area contributed by atoms with Gasteiger partial charge in [0, 0.05) is 18.8 Å². The molecule has 2 aromatic heterocycles. The maximum Gasteiger partial charge on any atom is 0.322 e. The standard InChI is InChI=1S/C17H21N5O/c23-17(21-10-4-6-13-5-3-7-15(13)21)20-14-11-19-22(12-14)16-8-1-2-9-18-16/h1-2,8-9,11-13,15H,3-7,10H2,(H,20,23). The molecule has 3 heterocycles. The van der Waals surface area contributed by atoms with Gasteiger partial charge < -0.3 is 10.2 Å². The van der Waals surface area contributed by atoms with Crippen molar-refractivity contribution in [2.75, 3.05) is 11.9 Å².